The Morgan fingerprint density at radius 3 is 2.50 bits per heavy atom. The van der Waals surface area contributed by atoms with Gasteiger partial charge in [-0.05, 0) is 13.8 Å². The molecule has 1 rings (SSSR count). The van der Waals surface area contributed by atoms with Gasteiger partial charge < -0.3 is 4.74 Å². The largest absolute Gasteiger partial charge is 0.463 e. The third-order valence-corrected chi connectivity index (χ3v) is 1.97. The van der Waals surface area contributed by atoms with Crippen molar-refractivity contribution in [1.29, 1.82) is 0 Å². The Kier molecular flexibility index (Phi) is 3.23. The molecule has 3 heteroatoms. The monoisotopic (exact) mass is 196 g/mol. The highest BCUT2D eigenvalue weighted by molar-refractivity contribution is 5.80. The summed E-state index contributed by atoms with van der Waals surface area (Å²) in [6.07, 6.45) is 0. The highest BCUT2D eigenvalue weighted by Gasteiger charge is 2.36. The lowest BCUT2D eigenvalue weighted by atomic mass is 9.98. The summed E-state index contributed by atoms with van der Waals surface area (Å²) in [6, 6.07) is 8.28. The molecule has 0 spiro atoms. The van der Waals surface area contributed by atoms with Crippen LogP contribution in [0.4, 0.5) is 4.39 Å². The van der Waals surface area contributed by atoms with E-state index in [9.17, 15) is 9.18 Å². The first-order valence-corrected chi connectivity index (χ1v) is 4.50. The summed E-state index contributed by atoms with van der Waals surface area (Å²) in [5.74, 6) is -0.841. The van der Waals surface area contributed by atoms with Crippen molar-refractivity contribution in [2.24, 2.45) is 0 Å². The smallest absolute Gasteiger partial charge is 0.348 e. The highest BCUT2D eigenvalue weighted by Crippen LogP contribution is 2.26. The molecule has 0 aliphatic heterocycles. The van der Waals surface area contributed by atoms with Crippen molar-refractivity contribution in [1.82, 2.24) is 0 Å². The summed E-state index contributed by atoms with van der Waals surface area (Å²) in [4.78, 5) is 11.3. The molecule has 0 aliphatic carbocycles. The van der Waals surface area contributed by atoms with Gasteiger partial charge >= 0.3 is 5.97 Å². The summed E-state index contributed by atoms with van der Waals surface area (Å²) < 4.78 is 18.6. The predicted octanol–water partition coefficient (Wildman–Crippen LogP) is 2.43. The maximum atomic E-state index is 13.9. The molecular weight excluding hydrogens is 183 g/mol. The van der Waals surface area contributed by atoms with Crippen LogP contribution in [0.2, 0.25) is 0 Å². The van der Waals surface area contributed by atoms with Crippen LogP contribution in [-0.2, 0) is 15.2 Å². The Morgan fingerprint density at radius 2 is 2.00 bits per heavy atom. The van der Waals surface area contributed by atoms with Crippen LogP contribution in [0.1, 0.15) is 19.4 Å². The molecule has 0 amide bonds. The molecular formula is C11H13FO2. The standard InChI is InChI=1S/C11H13FO2/c1-3-14-10(13)11(2,12)9-7-5-4-6-8-9/h4-8H,3H2,1-2H3/t11-/m1/s1. The molecule has 0 aliphatic rings. The Morgan fingerprint density at radius 1 is 1.43 bits per heavy atom. The van der Waals surface area contributed by atoms with Crippen LogP contribution in [-0.4, -0.2) is 12.6 Å². The lowest BCUT2D eigenvalue weighted by molar-refractivity contribution is -0.156. The molecule has 0 saturated carbocycles. The second kappa shape index (κ2) is 4.22. The molecule has 2 nitrogen and oxygen atoms in total. The summed E-state index contributed by atoms with van der Waals surface area (Å²) >= 11 is 0. The average Bonchev–Trinajstić information content (AvgIpc) is 2.19. The van der Waals surface area contributed by atoms with Crippen molar-refractivity contribution < 1.29 is 13.9 Å². The van der Waals surface area contributed by atoms with Crippen LogP contribution in [0, 0.1) is 0 Å². The quantitative estimate of drug-likeness (QED) is 0.694. The van der Waals surface area contributed by atoms with E-state index < -0.39 is 11.6 Å². The van der Waals surface area contributed by atoms with Gasteiger partial charge in [-0.2, -0.15) is 0 Å². The maximum absolute atomic E-state index is 13.9. The topological polar surface area (TPSA) is 26.3 Å². The van der Waals surface area contributed by atoms with E-state index in [2.05, 4.69) is 4.74 Å². The number of hydrogen-bond acceptors (Lipinski definition) is 2. The zero-order valence-corrected chi connectivity index (χ0v) is 8.29. The number of carbonyl (C=O) groups excluding carboxylic acids is 1. The molecule has 76 valence electrons. The van der Waals surface area contributed by atoms with E-state index in [0.29, 0.717) is 5.56 Å². The Labute approximate surface area is 82.7 Å². The van der Waals surface area contributed by atoms with E-state index in [1.807, 2.05) is 0 Å². The fraction of sp³-hybridized carbons (Fsp3) is 0.364. The van der Waals surface area contributed by atoms with Crippen molar-refractivity contribution >= 4 is 5.97 Å². The molecule has 0 saturated heterocycles. The van der Waals surface area contributed by atoms with Crippen LogP contribution < -0.4 is 0 Å². The van der Waals surface area contributed by atoms with E-state index in [1.54, 1.807) is 37.3 Å². The van der Waals surface area contributed by atoms with E-state index in [0.717, 1.165) is 0 Å². The van der Waals surface area contributed by atoms with Crippen LogP contribution >= 0.6 is 0 Å². The molecule has 0 heterocycles. The minimum atomic E-state index is -2.06. The van der Waals surface area contributed by atoms with Crippen molar-refractivity contribution in [3.05, 3.63) is 35.9 Å². The van der Waals surface area contributed by atoms with Gasteiger partial charge in [0, 0.05) is 5.56 Å². The number of benzene rings is 1. The maximum Gasteiger partial charge on any atom is 0.348 e. The van der Waals surface area contributed by atoms with Crippen molar-refractivity contribution in [3.8, 4) is 0 Å². The van der Waals surface area contributed by atoms with E-state index >= 15 is 0 Å². The van der Waals surface area contributed by atoms with Crippen LogP contribution in [0.15, 0.2) is 30.3 Å². The normalized spacial score (nSPS) is 14.5. The molecule has 1 atom stereocenters. The molecule has 1 aromatic rings. The van der Waals surface area contributed by atoms with Crippen molar-refractivity contribution in [2.45, 2.75) is 19.5 Å². The van der Waals surface area contributed by atoms with Gasteiger partial charge in [-0.1, -0.05) is 30.3 Å². The van der Waals surface area contributed by atoms with Crippen LogP contribution in [0.25, 0.3) is 0 Å². The fourth-order valence-electron chi connectivity index (χ4n) is 1.14. The highest BCUT2D eigenvalue weighted by atomic mass is 19.1. The van der Waals surface area contributed by atoms with Crippen LogP contribution in [0.3, 0.4) is 0 Å². The number of carbonyl (C=O) groups is 1. The van der Waals surface area contributed by atoms with Gasteiger partial charge in [0.25, 0.3) is 0 Å². The minimum absolute atomic E-state index is 0.186. The molecule has 0 unspecified atom stereocenters. The predicted molar refractivity (Wildman–Crippen MR) is 51.5 cm³/mol. The first-order chi connectivity index (χ1) is 6.59. The third-order valence-electron chi connectivity index (χ3n) is 1.97. The molecule has 0 radical (unpaired) electrons. The zero-order valence-electron chi connectivity index (χ0n) is 8.29. The number of ether oxygens (including phenoxy) is 1. The van der Waals surface area contributed by atoms with Crippen LogP contribution in [0.5, 0.6) is 0 Å². The van der Waals surface area contributed by atoms with E-state index in [-0.39, 0.29) is 6.61 Å². The Bertz CT molecular complexity index is 306. The molecule has 1 aromatic carbocycles. The number of rotatable bonds is 3. The first kappa shape index (κ1) is 10.7. The Balaban J connectivity index is 2.90. The average molecular weight is 196 g/mol. The van der Waals surface area contributed by atoms with Gasteiger partial charge in [0.05, 0.1) is 6.61 Å². The first-order valence-electron chi connectivity index (χ1n) is 4.50. The molecule has 0 aromatic heterocycles. The molecule has 0 bridgehead atoms. The molecule has 0 fully saturated rings. The van der Waals surface area contributed by atoms with Crippen molar-refractivity contribution in [3.63, 3.8) is 0 Å². The van der Waals surface area contributed by atoms with Crippen molar-refractivity contribution in [2.75, 3.05) is 6.61 Å². The second-order valence-electron chi connectivity index (χ2n) is 3.09. The third kappa shape index (κ3) is 2.10. The summed E-state index contributed by atoms with van der Waals surface area (Å²) in [5.41, 5.74) is -1.74. The van der Waals surface area contributed by atoms with E-state index in [4.69, 9.17) is 0 Å². The van der Waals surface area contributed by atoms with E-state index in [1.165, 1.54) is 6.92 Å². The lowest BCUT2D eigenvalue weighted by Crippen LogP contribution is -2.29. The summed E-state index contributed by atoms with van der Waals surface area (Å²) in [7, 11) is 0. The number of alkyl halides is 1. The molecule has 0 N–H and O–H groups in total. The van der Waals surface area contributed by atoms with Gasteiger partial charge in [0.2, 0.25) is 5.67 Å². The number of halogens is 1. The number of hydrogen-bond donors (Lipinski definition) is 0. The zero-order chi connectivity index (χ0) is 10.6. The number of esters is 1. The van der Waals surface area contributed by atoms with Gasteiger partial charge in [-0.3, -0.25) is 0 Å². The fourth-order valence-corrected chi connectivity index (χ4v) is 1.14. The SMILES string of the molecule is CCOC(=O)[C@](C)(F)c1ccccc1. The lowest BCUT2D eigenvalue weighted by Gasteiger charge is -2.18. The summed E-state index contributed by atoms with van der Waals surface area (Å²) in [5, 5.41) is 0. The van der Waals surface area contributed by atoms with Gasteiger partial charge in [-0.25, -0.2) is 9.18 Å². The van der Waals surface area contributed by atoms with Gasteiger partial charge in [-0.15, -0.1) is 0 Å². The summed E-state index contributed by atoms with van der Waals surface area (Å²) in [6.45, 7) is 3.05. The van der Waals surface area contributed by atoms with Gasteiger partial charge in [0.1, 0.15) is 0 Å². The Hall–Kier alpha value is -1.38. The second-order valence-corrected chi connectivity index (χ2v) is 3.09. The van der Waals surface area contributed by atoms with Gasteiger partial charge in [0.15, 0.2) is 0 Å². The minimum Gasteiger partial charge on any atom is -0.463 e. The molecule has 14 heavy (non-hydrogen) atoms.